The molecular weight excluding hydrogens is 148 g/mol. The molecule has 2 nitrogen and oxygen atoms in total. The number of nitrogens with zero attached hydrogens (tertiary/aromatic N) is 1. The highest BCUT2D eigenvalue weighted by Gasteiger charge is 2.41. The summed E-state index contributed by atoms with van der Waals surface area (Å²) in [6.45, 7) is 1.23. The lowest BCUT2D eigenvalue weighted by molar-refractivity contribution is 0.0839. The van der Waals surface area contributed by atoms with E-state index in [4.69, 9.17) is 0 Å². The van der Waals surface area contributed by atoms with Gasteiger partial charge < -0.3 is 10.2 Å². The zero-order valence-corrected chi connectivity index (χ0v) is 8.27. The van der Waals surface area contributed by atoms with Crippen LogP contribution in [0.25, 0.3) is 0 Å². The lowest BCUT2D eigenvalue weighted by atomic mass is 9.70. The van der Waals surface area contributed by atoms with Gasteiger partial charge in [0.05, 0.1) is 0 Å². The van der Waals surface area contributed by atoms with E-state index in [0.29, 0.717) is 5.54 Å². The molecule has 0 aromatic heterocycles. The maximum absolute atomic E-state index is 3.69. The van der Waals surface area contributed by atoms with E-state index in [1.54, 1.807) is 0 Å². The minimum absolute atomic E-state index is 0.563. The van der Waals surface area contributed by atoms with Gasteiger partial charge in [0, 0.05) is 11.6 Å². The van der Waals surface area contributed by atoms with E-state index in [-0.39, 0.29) is 0 Å². The predicted octanol–water partition coefficient (Wildman–Crippen LogP) is 1.22. The van der Waals surface area contributed by atoms with Crippen LogP contribution >= 0.6 is 0 Å². The molecule has 0 radical (unpaired) electrons. The van der Waals surface area contributed by atoms with Gasteiger partial charge in [0.15, 0.2) is 0 Å². The summed E-state index contributed by atoms with van der Waals surface area (Å²) in [6.07, 6.45) is 6.97. The van der Waals surface area contributed by atoms with Gasteiger partial charge in [-0.2, -0.15) is 0 Å². The van der Waals surface area contributed by atoms with Crippen LogP contribution in [0.3, 0.4) is 0 Å². The molecule has 1 aliphatic carbocycles. The van der Waals surface area contributed by atoms with Crippen molar-refractivity contribution in [3.8, 4) is 0 Å². The van der Waals surface area contributed by atoms with Crippen molar-refractivity contribution in [2.75, 3.05) is 20.6 Å². The van der Waals surface area contributed by atoms with Crippen molar-refractivity contribution < 1.29 is 0 Å². The Hall–Kier alpha value is -0.0800. The summed E-state index contributed by atoms with van der Waals surface area (Å²) in [4.78, 5) is 2.39. The average molecular weight is 168 g/mol. The first-order valence-electron chi connectivity index (χ1n) is 5.13. The maximum Gasteiger partial charge on any atom is 0.0196 e. The highest BCUT2D eigenvalue weighted by atomic mass is 15.1. The Morgan fingerprint density at radius 2 is 2.08 bits per heavy atom. The number of hydrogen-bond acceptors (Lipinski definition) is 2. The Morgan fingerprint density at radius 3 is 2.58 bits per heavy atom. The molecule has 0 bridgehead atoms. The van der Waals surface area contributed by atoms with E-state index in [1.165, 1.54) is 38.6 Å². The van der Waals surface area contributed by atoms with Crippen LogP contribution in [0.2, 0.25) is 0 Å². The largest absolute Gasteiger partial charge is 0.311 e. The molecule has 1 atom stereocenters. The molecule has 1 heterocycles. The van der Waals surface area contributed by atoms with Gasteiger partial charge in [0.2, 0.25) is 0 Å². The minimum atomic E-state index is 0.563. The molecule has 2 heteroatoms. The quantitative estimate of drug-likeness (QED) is 0.633. The van der Waals surface area contributed by atoms with Crippen molar-refractivity contribution in [2.24, 2.45) is 0 Å². The van der Waals surface area contributed by atoms with Crippen LogP contribution in [-0.4, -0.2) is 37.1 Å². The predicted molar refractivity (Wildman–Crippen MR) is 51.3 cm³/mol. The molecule has 1 aliphatic heterocycles. The summed E-state index contributed by atoms with van der Waals surface area (Å²) in [5, 5.41) is 3.69. The third kappa shape index (κ3) is 1.38. The van der Waals surface area contributed by atoms with Crippen LogP contribution in [0.1, 0.15) is 32.1 Å². The number of rotatable bonds is 1. The van der Waals surface area contributed by atoms with Crippen molar-refractivity contribution in [3.05, 3.63) is 0 Å². The number of nitrogens with one attached hydrogen (secondary N) is 1. The van der Waals surface area contributed by atoms with Gasteiger partial charge in [0.25, 0.3) is 0 Å². The molecule has 2 fully saturated rings. The molecule has 2 aliphatic rings. The first-order valence-corrected chi connectivity index (χ1v) is 5.13. The summed E-state index contributed by atoms with van der Waals surface area (Å²) in [6, 6.07) is 0.826. The van der Waals surface area contributed by atoms with E-state index in [2.05, 4.69) is 24.3 Å². The maximum atomic E-state index is 3.69. The zero-order chi connectivity index (χ0) is 8.60. The first-order chi connectivity index (χ1) is 5.72. The van der Waals surface area contributed by atoms with Crippen LogP contribution in [0.4, 0.5) is 0 Å². The summed E-state index contributed by atoms with van der Waals surface area (Å²) in [5.41, 5.74) is 0.563. The summed E-state index contributed by atoms with van der Waals surface area (Å²) < 4.78 is 0. The fourth-order valence-electron chi connectivity index (χ4n) is 2.55. The SMILES string of the molecule is CN(C)C1CCNC2(CCC2)C1. The summed E-state index contributed by atoms with van der Waals surface area (Å²) in [5.74, 6) is 0. The normalized spacial score (nSPS) is 33.8. The Labute approximate surface area is 75.3 Å². The third-order valence-corrected chi connectivity index (χ3v) is 3.64. The molecule has 0 aromatic rings. The van der Waals surface area contributed by atoms with Crippen LogP contribution in [-0.2, 0) is 0 Å². The molecule has 1 N–H and O–H groups in total. The van der Waals surface area contributed by atoms with E-state index in [9.17, 15) is 0 Å². The van der Waals surface area contributed by atoms with Gasteiger partial charge in [-0.15, -0.1) is 0 Å². The van der Waals surface area contributed by atoms with E-state index in [0.717, 1.165) is 6.04 Å². The highest BCUT2D eigenvalue weighted by Crippen LogP contribution is 2.38. The van der Waals surface area contributed by atoms with Gasteiger partial charge in [-0.3, -0.25) is 0 Å². The topological polar surface area (TPSA) is 15.3 Å². The lowest BCUT2D eigenvalue weighted by Gasteiger charge is -2.49. The van der Waals surface area contributed by atoms with E-state index >= 15 is 0 Å². The molecular formula is C10H20N2. The van der Waals surface area contributed by atoms with Gasteiger partial charge in [-0.05, 0) is 52.7 Å². The fraction of sp³-hybridized carbons (Fsp3) is 1.00. The number of hydrogen-bond donors (Lipinski definition) is 1. The molecule has 0 amide bonds. The second-order valence-electron chi connectivity index (χ2n) is 4.67. The van der Waals surface area contributed by atoms with Gasteiger partial charge >= 0.3 is 0 Å². The number of piperidine rings is 1. The molecule has 12 heavy (non-hydrogen) atoms. The summed E-state index contributed by atoms with van der Waals surface area (Å²) >= 11 is 0. The van der Waals surface area contributed by atoms with Crippen molar-refractivity contribution >= 4 is 0 Å². The second kappa shape index (κ2) is 3.00. The van der Waals surface area contributed by atoms with Crippen LogP contribution in [0.15, 0.2) is 0 Å². The standard InChI is InChI=1S/C10H20N2/c1-12(2)9-4-7-11-10(8-9)5-3-6-10/h9,11H,3-8H2,1-2H3. The van der Waals surface area contributed by atoms with Crippen molar-refractivity contribution in [1.82, 2.24) is 10.2 Å². The van der Waals surface area contributed by atoms with Crippen LogP contribution in [0, 0.1) is 0 Å². The van der Waals surface area contributed by atoms with E-state index in [1.807, 2.05) is 0 Å². The monoisotopic (exact) mass is 168 g/mol. The zero-order valence-electron chi connectivity index (χ0n) is 8.27. The van der Waals surface area contributed by atoms with Gasteiger partial charge in [-0.25, -0.2) is 0 Å². The smallest absolute Gasteiger partial charge is 0.0196 e. The molecule has 70 valence electrons. The Bertz CT molecular complexity index is 161. The van der Waals surface area contributed by atoms with Gasteiger partial charge in [-0.1, -0.05) is 0 Å². The van der Waals surface area contributed by atoms with Crippen molar-refractivity contribution in [1.29, 1.82) is 0 Å². The summed E-state index contributed by atoms with van der Waals surface area (Å²) in [7, 11) is 4.42. The molecule has 0 aromatic carbocycles. The first kappa shape index (κ1) is 8.52. The third-order valence-electron chi connectivity index (χ3n) is 3.64. The second-order valence-corrected chi connectivity index (χ2v) is 4.67. The Morgan fingerprint density at radius 1 is 1.33 bits per heavy atom. The lowest BCUT2D eigenvalue weighted by Crippen LogP contribution is -2.58. The highest BCUT2D eigenvalue weighted by molar-refractivity contribution is 5.01. The Balaban J connectivity index is 1.94. The van der Waals surface area contributed by atoms with E-state index < -0.39 is 0 Å². The molecule has 1 spiro atoms. The average Bonchev–Trinajstić information content (AvgIpc) is 2.02. The fourth-order valence-corrected chi connectivity index (χ4v) is 2.55. The van der Waals surface area contributed by atoms with Crippen LogP contribution in [0.5, 0.6) is 0 Å². The minimum Gasteiger partial charge on any atom is -0.311 e. The van der Waals surface area contributed by atoms with Crippen molar-refractivity contribution in [2.45, 2.75) is 43.7 Å². The molecule has 1 unspecified atom stereocenters. The Kier molecular flexibility index (Phi) is 2.13. The van der Waals surface area contributed by atoms with Crippen LogP contribution < -0.4 is 5.32 Å². The van der Waals surface area contributed by atoms with Gasteiger partial charge in [0.1, 0.15) is 0 Å². The molecule has 1 saturated heterocycles. The molecule has 2 rings (SSSR count). The molecule has 1 saturated carbocycles. The van der Waals surface area contributed by atoms with Crippen molar-refractivity contribution in [3.63, 3.8) is 0 Å².